The second-order valence-corrected chi connectivity index (χ2v) is 5.76. The maximum Gasteiger partial charge on any atom is 0.403 e. The van der Waals surface area contributed by atoms with E-state index < -0.39 is 17.5 Å². The van der Waals surface area contributed by atoms with E-state index in [0.29, 0.717) is 0 Å². The van der Waals surface area contributed by atoms with E-state index in [2.05, 4.69) is 10.6 Å². The van der Waals surface area contributed by atoms with Crippen LogP contribution in [0.2, 0.25) is 0 Å². The lowest BCUT2D eigenvalue weighted by molar-refractivity contribution is -0.193. The Bertz CT molecular complexity index is 350. The first kappa shape index (κ1) is 11.3. The molecule has 6 heteroatoms. The molecule has 0 bridgehead atoms. The fourth-order valence-corrected chi connectivity index (χ4v) is 2.94. The van der Waals surface area contributed by atoms with Crippen molar-refractivity contribution in [2.24, 2.45) is 10.8 Å². The number of nitrogens with one attached hydrogen (secondary N) is 2. The molecule has 0 unspecified atom stereocenters. The van der Waals surface area contributed by atoms with Crippen LogP contribution in [0.5, 0.6) is 0 Å². The van der Waals surface area contributed by atoms with Crippen molar-refractivity contribution in [1.82, 2.24) is 10.6 Å². The molecular weight excluding hydrogens is 233 g/mol. The Balaban J connectivity index is 1.55. The van der Waals surface area contributed by atoms with E-state index in [1.165, 1.54) is 0 Å². The minimum Gasteiger partial charge on any atom is -0.353 e. The van der Waals surface area contributed by atoms with Crippen LogP contribution < -0.4 is 10.6 Å². The molecular formula is C11H15F3N2O. The molecule has 3 rings (SSSR count). The standard InChI is InChI=1S/C11H15F3N2O/c12-11(13,14)10(1-2-10)8(17)16-7-3-9(4-7)5-15-6-9/h7,15H,1-6H2,(H,16,17). The van der Waals surface area contributed by atoms with Crippen LogP contribution in [0.4, 0.5) is 13.2 Å². The molecule has 0 atom stereocenters. The van der Waals surface area contributed by atoms with Crippen LogP contribution in [0.3, 0.4) is 0 Å². The molecule has 2 N–H and O–H groups in total. The van der Waals surface area contributed by atoms with Gasteiger partial charge in [0, 0.05) is 19.1 Å². The van der Waals surface area contributed by atoms with Crippen LogP contribution in [0, 0.1) is 10.8 Å². The fourth-order valence-electron chi connectivity index (χ4n) is 2.94. The molecule has 2 saturated carbocycles. The second kappa shape index (κ2) is 3.16. The van der Waals surface area contributed by atoms with Crippen molar-refractivity contribution in [2.75, 3.05) is 13.1 Å². The summed E-state index contributed by atoms with van der Waals surface area (Å²) in [6.45, 7) is 1.87. The number of rotatable bonds is 2. The Labute approximate surface area is 97.1 Å². The lowest BCUT2D eigenvalue weighted by Gasteiger charge is -2.54. The highest BCUT2D eigenvalue weighted by atomic mass is 19.4. The average molecular weight is 248 g/mol. The van der Waals surface area contributed by atoms with Gasteiger partial charge in [0.2, 0.25) is 5.91 Å². The van der Waals surface area contributed by atoms with Gasteiger partial charge in [0.1, 0.15) is 5.41 Å². The lowest BCUT2D eigenvalue weighted by Crippen LogP contribution is -2.65. The number of halogens is 3. The topological polar surface area (TPSA) is 41.1 Å². The van der Waals surface area contributed by atoms with Gasteiger partial charge in [0.25, 0.3) is 0 Å². The van der Waals surface area contributed by atoms with E-state index in [-0.39, 0.29) is 24.3 Å². The van der Waals surface area contributed by atoms with Gasteiger partial charge in [-0.3, -0.25) is 4.79 Å². The molecule has 0 aromatic heterocycles. The van der Waals surface area contributed by atoms with E-state index in [0.717, 1.165) is 25.9 Å². The molecule has 1 spiro atoms. The maximum absolute atomic E-state index is 12.7. The van der Waals surface area contributed by atoms with Gasteiger partial charge in [-0.15, -0.1) is 0 Å². The fraction of sp³-hybridized carbons (Fsp3) is 0.909. The van der Waals surface area contributed by atoms with Crippen LogP contribution in [0.15, 0.2) is 0 Å². The van der Waals surface area contributed by atoms with Gasteiger partial charge < -0.3 is 10.6 Å². The number of hydrogen-bond acceptors (Lipinski definition) is 2. The molecule has 0 aromatic carbocycles. The Morgan fingerprint density at radius 2 is 1.82 bits per heavy atom. The van der Waals surface area contributed by atoms with Gasteiger partial charge in [-0.1, -0.05) is 0 Å². The molecule has 1 amide bonds. The minimum absolute atomic E-state index is 0.0515. The van der Waals surface area contributed by atoms with E-state index >= 15 is 0 Å². The van der Waals surface area contributed by atoms with Crippen LogP contribution >= 0.6 is 0 Å². The Morgan fingerprint density at radius 3 is 2.18 bits per heavy atom. The summed E-state index contributed by atoms with van der Waals surface area (Å²) in [5.41, 5.74) is -1.79. The summed E-state index contributed by atoms with van der Waals surface area (Å²) in [6.07, 6.45) is -2.86. The zero-order valence-corrected chi connectivity index (χ0v) is 9.36. The van der Waals surface area contributed by atoms with Crippen molar-refractivity contribution >= 4 is 5.91 Å². The van der Waals surface area contributed by atoms with E-state index in [9.17, 15) is 18.0 Å². The van der Waals surface area contributed by atoms with Gasteiger partial charge >= 0.3 is 6.18 Å². The monoisotopic (exact) mass is 248 g/mol. The molecule has 1 saturated heterocycles. The van der Waals surface area contributed by atoms with Gasteiger partial charge in [0.05, 0.1) is 0 Å². The first-order valence-corrected chi connectivity index (χ1v) is 5.95. The molecule has 0 aromatic rings. The van der Waals surface area contributed by atoms with Gasteiger partial charge in [-0.05, 0) is 31.1 Å². The number of alkyl halides is 3. The summed E-state index contributed by atoms with van der Waals surface area (Å²) in [5.74, 6) is -0.808. The predicted molar refractivity (Wildman–Crippen MR) is 54.2 cm³/mol. The zero-order valence-electron chi connectivity index (χ0n) is 9.36. The summed E-state index contributed by atoms with van der Waals surface area (Å²) in [7, 11) is 0. The number of carbonyl (C=O) groups excluding carboxylic acids is 1. The summed E-state index contributed by atoms with van der Waals surface area (Å²) in [4.78, 5) is 11.6. The van der Waals surface area contributed by atoms with Crippen molar-refractivity contribution < 1.29 is 18.0 Å². The maximum atomic E-state index is 12.7. The van der Waals surface area contributed by atoms with Crippen LogP contribution in [-0.4, -0.2) is 31.2 Å². The molecule has 0 radical (unpaired) electrons. The SMILES string of the molecule is O=C(NC1CC2(CNC2)C1)C1(C(F)(F)F)CC1. The normalized spacial score (nSPS) is 29.4. The molecule has 1 heterocycles. The summed E-state index contributed by atoms with van der Waals surface area (Å²) >= 11 is 0. The average Bonchev–Trinajstić information content (AvgIpc) is 2.85. The third-order valence-electron chi connectivity index (χ3n) is 4.42. The second-order valence-electron chi connectivity index (χ2n) is 5.76. The summed E-state index contributed by atoms with van der Waals surface area (Å²) in [5, 5.41) is 5.71. The molecule has 3 aliphatic rings. The van der Waals surface area contributed by atoms with Crippen LogP contribution in [0.1, 0.15) is 25.7 Å². The van der Waals surface area contributed by atoms with Gasteiger partial charge in [-0.25, -0.2) is 0 Å². The molecule has 17 heavy (non-hydrogen) atoms. The third kappa shape index (κ3) is 1.57. The molecule has 2 aliphatic carbocycles. The molecule has 96 valence electrons. The smallest absolute Gasteiger partial charge is 0.353 e. The first-order valence-electron chi connectivity index (χ1n) is 5.95. The Kier molecular flexibility index (Phi) is 2.10. The van der Waals surface area contributed by atoms with Crippen LogP contribution in [-0.2, 0) is 4.79 Å². The lowest BCUT2D eigenvalue weighted by atomic mass is 9.61. The van der Waals surface area contributed by atoms with Gasteiger partial charge in [-0.2, -0.15) is 13.2 Å². The third-order valence-corrected chi connectivity index (χ3v) is 4.42. The highest BCUT2D eigenvalue weighted by Crippen LogP contribution is 2.58. The Morgan fingerprint density at radius 1 is 1.24 bits per heavy atom. The van der Waals surface area contributed by atoms with E-state index in [1.54, 1.807) is 0 Å². The van der Waals surface area contributed by atoms with E-state index in [1.807, 2.05) is 0 Å². The number of hydrogen-bond donors (Lipinski definition) is 2. The summed E-state index contributed by atoms with van der Waals surface area (Å²) in [6, 6.07) is -0.0515. The quantitative estimate of drug-likeness (QED) is 0.771. The molecule has 1 aliphatic heterocycles. The van der Waals surface area contributed by atoms with Crippen molar-refractivity contribution in [2.45, 2.75) is 37.9 Å². The largest absolute Gasteiger partial charge is 0.403 e. The highest BCUT2D eigenvalue weighted by molar-refractivity contribution is 5.86. The number of amides is 1. The van der Waals surface area contributed by atoms with E-state index in [4.69, 9.17) is 0 Å². The number of carbonyl (C=O) groups is 1. The van der Waals surface area contributed by atoms with Crippen molar-refractivity contribution in [1.29, 1.82) is 0 Å². The summed E-state index contributed by atoms with van der Waals surface area (Å²) < 4.78 is 38.0. The van der Waals surface area contributed by atoms with Crippen LogP contribution in [0.25, 0.3) is 0 Å². The first-order chi connectivity index (χ1) is 7.87. The van der Waals surface area contributed by atoms with Gasteiger partial charge in [0.15, 0.2) is 0 Å². The molecule has 3 nitrogen and oxygen atoms in total. The zero-order chi connectivity index (χ0) is 12.3. The highest BCUT2D eigenvalue weighted by Gasteiger charge is 2.69. The van der Waals surface area contributed by atoms with Crippen molar-refractivity contribution in [3.63, 3.8) is 0 Å². The molecule has 3 fully saturated rings. The van der Waals surface area contributed by atoms with Crippen molar-refractivity contribution in [3.8, 4) is 0 Å². The Hall–Kier alpha value is -0.780. The predicted octanol–water partition coefficient (Wildman–Crippen LogP) is 1.20. The minimum atomic E-state index is -4.39. The van der Waals surface area contributed by atoms with Crippen molar-refractivity contribution in [3.05, 3.63) is 0 Å².